The number of hydrogen-bond donors (Lipinski definition) is 1. The summed E-state index contributed by atoms with van der Waals surface area (Å²) in [4.78, 5) is 29.0. The maximum atomic E-state index is 12.4. The molecule has 5 nitrogen and oxygen atoms in total. The van der Waals surface area contributed by atoms with Crippen LogP contribution in [-0.4, -0.2) is 23.3 Å². The molecule has 22 heavy (non-hydrogen) atoms. The van der Waals surface area contributed by atoms with Crippen LogP contribution in [0, 0.1) is 0 Å². The zero-order valence-corrected chi connectivity index (χ0v) is 12.1. The van der Waals surface area contributed by atoms with E-state index in [-0.39, 0.29) is 18.9 Å². The molecule has 2 rings (SSSR count). The summed E-state index contributed by atoms with van der Waals surface area (Å²) in [6, 6.07) is 14.6. The number of benzene rings is 1. The Hall–Kier alpha value is -2.95. The van der Waals surface area contributed by atoms with Crippen LogP contribution in [0.5, 0.6) is 0 Å². The maximum absolute atomic E-state index is 12.4. The number of carbonyl (C=O) groups is 2. The van der Waals surface area contributed by atoms with Gasteiger partial charge in [-0.3, -0.25) is 14.6 Å². The number of rotatable bonds is 6. The van der Waals surface area contributed by atoms with E-state index in [2.05, 4.69) is 4.98 Å². The summed E-state index contributed by atoms with van der Waals surface area (Å²) in [6.07, 6.45) is 4.85. The standard InChI is InChI=1S/C17H17N3O2/c18-16(21)11-13-20(15-7-2-1-3-8-15)17(22)10-9-14-6-4-5-12-19-14/h1-10,12H,11,13H2,(H2,18,21)/b10-9-. The summed E-state index contributed by atoms with van der Waals surface area (Å²) in [7, 11) is 0. The highest BCUT2D eigenvalue weighted by atomic mass is 16.2. The van der Waals surface area contributed by atoms with Crippen LogP contribution in [0.1, 0.15) is 12.1 Å². The summed E-state index contributed by atoms with van der Waals surface area (Å²) >= 11 is 0. The molecule has 112 valence electrons. The Morgan fingerprint density at radius 2 is 1.82 bits per heavy atom. The van der Waals surface area contributed by atoms with Crippen molar-refractivity contribution in [2.45, 2.75) is 6.42 Å². The van der Waals surface area contributed by atoms with Gasteiger partial charge in [-0.25, -0.2) is 0 Å². The quantitative estimate of drug-likeness (QED) is 0.828. The highest BCUT2D eigenvalue weighted by molar-refractivity contribution is 6.04. The lowest BCUT2D eigenvalue weighted by Crippen LogP contribution is -2.32. The number of carbonyl (C=O) groups excluding carboxylic acids is 2. The number of aromatic nitrogens is 1. The van der Waals surface area contributed by atoms with Gasteiger partial charge in [-0.15, -0.1) is 0 Å². The van der Waals surface area contributed by atoms with Crippen LogP contribution in [0.3, 0.4) is 0 Å². The number of pyridine rings is 1. The zero-order valence-electron chi connectivity index (χ0n) is 12.1. The van der Waals surface area contributed by atoms with Gasteiger partial charge in [-0.05, 0) is 30.3 Å². The van der Waals surface area contributed by atoms with E-state index in [0.29, 0.717) is 5.69 Å². The second-order valence-corrected chi connectivity index (χ2v) is 4.63. The Labute approximate surface area is 129 Å². The second kappa shape index (κ2) is 7.73. The molecule has 0 atom stereocenters. The summed E-state index contributed by atoms with van der Waals surface area (Å²) in [5.74, 6) is -0.666. The molecule has 5 heteroatoms. The molecule has 2 amide bonds. The van der Waals surface area contributed by atoms with Crippen molar-refractivity contribution in [3.05, 3.63) is 66.5 Å². The van der Waals surface area contributed by atoms with Gasteiger partial charge >= 0.3 is 0 Å². The van der Waals surface area contributed by atoms with E-state index in [9.17, 15) is 9.59 Å². The third kappa shape index (κ3) is 4.56. The largest absolute Gasteiger partial charge is 0.370 e. The van der Waals surface area contributed by atoms with Gasteiger partial charge in [0.2, 0.25) is 5.91 Å². The lowest BCUT2D eigenvalue weighted by molar-refractivity contribution is -0.118. The molecule has 1 heterocycles. The van der Waals surface area contributed by atoms with Crippen LogP contribution >= 0.6 is 0 Å². The first-order valence-corrected chi connectivity index (χ1v) is 6.91. The topological polar surface area (TPSA) is 76.3 Å². The fourth-order valence-electron chi connectivity index (χ4n) is 1.92. The molecule has 0 unspecified atom stereocenters. The highest BCUT2D eigenvalue weighted by Crippen LogP contribution is 2.14. The summed E-state index contributed by atoms with van der Waals surface area (Å²) < 4.78 is 0. The minimum absolute atomic E-state index is 0.109. The van der Waals surface area contributed by atoms with E-state index in [1.165, 1.54) is 11.0 Å². The van der Waals surface area contributed by atoms with Crippen LogP contribution in [0.2, 0.25) is 0 Å². The smallest absolute Gasteiger partial charge is 0.251 e. The van der Waals surface area contributed by atoms with Crippen molar-refractivity contribution in [3.8, 4) is 0 Å². The first-order valence-electron chi connectivity index (χ1n) is 6.91. The van der Waals surface area contributed by atoms with Gasteiger partial charge in [-0.1, -0.05) is 24.3 Å². The van der Waals surface area contributed by atoms with E-state index in [4.69, 9.17) is 5.73 Å². The highest BCUT2D eigenvalue weighted by Gasteiger charge is 2.13. The molecule has 2 N–H and O–H groups in total. The van der Waals surface area contributed by atoms with E-state index in [1.807, 2.05) is 42.5 Å². The average Bonchev–Trinajstić information content (AvgIpc) is 2.55. The van der Waals surface area contributed by atoms with Gasteiger partial charge in [0, 0.05) is 30.9 Å². The van der Waals surface area contributed by atoms with Crippen LogP contribution in [-0.2, 0) is 9.59 Å². The minimum Gasteiger partial charge on any atom is -0.370 e. The van der Waals surface area contributed by atoms with Crippen LogP contribution in [0.15, 0.2) is 60.8 Å². The number of primary amides is 1. The normalized spacial score (nSPS) is 10.5. The predicted octanol–water partition coefficient (Wildman–Crippen LogP) is 2.00. The molecule has 0 spiro atoms. The Morgan fingerprint density at radius 1 is 1.09 bits per heavy atom. The molecular weight excluding hydrogens is 278 g/mol. The van der Waals surface area contributed by atoms with Gasteiger partial charge < -0.3 is 10.6 Å². The summed E-state index contributed by atoms with van der Waals surface area (Å²) in [5.41, 5.74) is 6.59. The average molecular weight is 295 g/mol. The predicted molar refractivity (Wildman–Crippen MR) is 85.9 cm³/mol. The van der Waals surface area contributed by atoms with Gasteiger partial charge in [0.15, 0.2) is 0 Å². The molecule has 0 fully saturated rings. The molecular formula is C17H17N3O2. The molecule has 0 bridgehead atoms. The lowest BCUT2D eigenvalue weighted by Gasteiger charge is -2.20. The van der Waals surface area contributed by atoms with Gasteiger partial charge in [-0.2, -0.15) is 0 Å². The maximum Gasteiger partial charge on any atom is 0.251 e. The number of para-hydroxylation sites is 1. The van der Waals surface area contributed by atoms with Crippen molar-refractivity contribution in [1.82, 2.24) is 4.98 Å². The van der Waals surface area contributed by atoms with Crippen molar-refractivity contribution in [3.63, 3.8) is 0 Å². The Balaban J connectivity index is 2.15. The Morgan fingerprint density at radius 3 is 2.45 bits per heavy atom. The first kappa shape index (κ1) is 15.4. The molecule has 1 aromatic heterocycles. The SMILES string of the molecule is NC(=O)CCN(C(=O)/C=C\c1ccccn1)c1ccccc1. The monoisotopic (exact) mass is 295 g/mol. The first-order chi connectivity index (χ1) is 10.7. The van der Waals surface area contributed by atoms with Gasteiger partial charge in [0.1, 0.15) is 0 Å². The molecule has 0 aliphatic heterocycles. The number of anilines is 1. The summed E-state index contributed by atoms with van der Waals surface area (Å²) in [5, 5.41) is 0. The van der Waals surface area contributed by atoms with Crippen molar-refractivity contribution in [1.29, 1.82) is 0 Å². The van der Waals surface area contributed by atoms with Crippen LogP contribution < -0.4 is 10.6 Å². The Kier molecular flexibility index (Phi) is 5.43. The third-order valence-corrected chi connectivity index (χ3v) is 3.00. The minimum atomic E-state index is -0.442. The summed E-state index contributed by atoms with van der Waals surface area (Å²) in [6.45, 7) is 0.241. The number of nitrogens with zero attached hydrogens (tertiary/aromatic N) is 2. The number of hydrogen-bond acceptors (Lipinski definition) is 3. The zero-order chi connectivity index (χ0) is 15.8. The number of nitrogens with two attached hydrogens (primary N) is 1. The van der Waals surface area contributed by atoms with Crippen molar-refractivity contribution < 1.29 is 9.59 Å². The molecule has 0 saturated heterocycles. The fourth-order valence-corrected chi connectivity index (χ4v) is 1.92. The van der Waals surface area contributed by atoms with E-state index < -0.39 is 5.91 Å². The molecule has 0 radical (unpaired) electrons. The number of amides is 2. The molecule has 0 saturated carbocycles. The Bertz CT molecular complexity index is 654. The van der Waals surface area contributed by atoms with Gasteiger partial charge in [0.25, 0.3) is 5.91 Å². The molecule has 0 aliphatic carbocycles. The lowest BCUT2D eigenvalue weighted by atomic mass is 10.2. The molecule has 0 aliphatic rings. The van der Waals surface area contributed by atoms with Crippen LogP contribution in [0.4, 0.5) is 5.69 Å². The van der Waals surface area contributed by atoms with E-state index in [0.717, 1.165) is 5.69 Å². The fraction of sp³-hybridized carbons (Fsp3) is 0.118. The third-order valence-electron chi connectivity index (χ3n) is 3.00. The van der Waals surface area contributed by atoms with Crippen LogP contribution in [0.25, 0.3) is 6.08 Å². The van der Waals surface area contributed by atoms with Crippen molar-refractivity contribution >= 4 is 23.6 Å². The molecule has 2 aromatic rings. The van der Waals surface area contributed by atoms with Crippen molar-refractivity contribution in [2.75, 3.05) is 11.4 Å². The van der Waals surface area contributed by atoms with Crippen molar-refractivity contribution in [2.24, 2.45) is 5.73 Å². The van der Waals surface area contributed by atoms with Gasteiger partial charge in [0.05, 0.1) is 5.69 Å². The van der Waals surface area contributed by atoms with E-state index in [1.54, 1.807) is 18.3 Å². The second-order valence-electron chi connectivity index (χ2n) is 4.63. The molecule has 1 aromatic carbocycles. The van der Waals surface area contributed by atoms with E-state index >= 15 is 0 Å².